The van der Waals surface area contributed by atoms with E-state index < -0.39 is 17.8 Å². The summed E-state index contributed by atoms with van der Waals surface area (Å²) < 4.78 is 37.2. The Hall–Kier alpha value is -1.56. The highest BCUT2D eigenvalue weighted by Gasteiger charge is 2.31. The minimum Gasteiger partial charge on any atom is -0.392 e. The topological polar surface area (TPSA) is 49.3 Å². The number of hydrogen-bond donors (Lipinski definition) is 2. The third-order valence-corrected chi connectivity index (χ3v) is 3.58. The van der Waals surface area contributed by atoms with E-state index in [1.165, 1.54) is 12.1 Å². The summed E-state index contributed by atoms with van der Waals surface area (Å²) in [6.45, 7) is 0.349. The predicted octanol–water partition coefficient (Wildman–Crippen LogP) is 2.53. The normalized spacial score (nSPS) is 16.6. The first-order valence-corrected chi connectivity index (χ1v) is 6.97. The standard InChI is InChI=1S/C15H18F3NO2/c16-15(17,18)12-5-1-10(2-6-12)7-8-19-14(21)9-13(20)11-3-4-11/h1-2,5-6,11,13,20H,3-4,7-9H2,(H,19,21). The van der Waals surface area contributed by atoms with E-state index in [1.54, 1.807) is 0 Å². The van der Waals surface area contributed by atoms with Crippen molar-refractivity contribution in [3.63, 3.8) is 0 Å². The quantitative estimate of drug-likeness (QED) is 0.848. The summed E-state index contributed by atoms with van der Waals surface area (Å²) in [5.74, 6) is 0.0342. The number of nitrogens with one attached hydrogen (secondary N) is 1. The zero-order valence-electron chi connectivity index (χ0n) is 11.5. The average molecular weight is 301 g/mol. The van der Waals surface area contributed by atoms with Gasteiger partial charge in [-0.05, 0) is 42.9 Å². The van der Waals surface area contributed by atoms with Crippen LogP contribution in [0.4, 0.5) is 13.2 Å². The van der Waals surface area contributed by atoms with Crippen molar-refractivity contribution < 1.29 is 23.1 Å². The predicted molar refractivity (Wildman–Crippen MR) is 71.5 cm³/mol. The molecule has 1 amide bonds. The van der Waals surface area contributed by atoms with Crippen LogP contribution in [-0.2, 0) is 17.4 Å². The van der Waals surface area contributed by atoms with Crippen LogP contribution in [0.1, 0.15) is 30.4 Å². The molecule has 1 unspecified atom stereocenters. The lowest BCUT2D eigenvalue weighted by molar-refractivity contribution is -0.137. The molecule has 0 bridgehead atoms. The summed E-state index contributed by atoms with van der Waals surface area (Å²) in [7, 11) is 0. The maximum absolute atomic E-state index is 12.4. The maximum Gasteiger partial charge on any atom is 0.416 e. The SMILES string of the molecule is O=C(CC(O)C1CC1)NCCc1ccc(C(F)(F)F)cc1. The lowest BCUT2D eigenvalue weighted by atomic mass is 10.1. The van der Waals surface area contributed by atoms with Crippen molar-refractivity contribution in [3.8, 4) is 0 Å². The highest BCUT2D eigenvalue weighted by atomic mass is 19.4. The van der Waals surface area contributed by atoms with Gasteiger partial charge in [0.1, 0.15) is 0 Å². The summed E-state index contributed by atoms with van der Waals surface area (Å²) in [6.07, 6.45) is -2.40. The molecule has 1 aromatic carbocycles. The second kappa shape index (κ2) is 6.47. The second-order valence-corrected chi connectivity index (χ2v) is 5.40. The summed E-state index contributed by atoms with van der Waals surface area (Å²) >= 11 is 0. The zero-order chi connectivity index (χ0) is 15.5. The first-order valence-electron chi connectivity index (χ1n) is 6.97. The van der Waals surface area contributed by atoms with E-state index in [4.69, 9.17) is 0 Å². The van der Waals surface area contributed by atoms with Crippen molar-refractivity contribution in [3.05, 3.63) is 35.4 Å². The molecule has 1 atom stereocenters. The van der Waals surface area contributed by atoms with E-state index in [-0.39, 0.29) is 18.2 Å². The molecular weight excluding hydrogens is 283 g/mol. The van der Waals surface area contributed by atoms with Crippen molar-refractivity contribution in [2.45, 2.75) is 38.0 Å². The molecule has 2 N–H and O–H groups in total. The van der Waals surface area contributed by atoms with Crippen LogP contribution < -0.4 is 5.32 Å². The Morgan fingerprint density at radius 2 is 1.90 bits per heavy atom. The highest BCUT2D eigenvalue weighted by molar-refractivity contribution is 5.76. The fourth-order valence-electron chi connectivity index (χ4n) is 2.12. The zero-order valence-corrected chi connectivity index (χ0v) is 11.5. The van der Waals surface area contributed by atoms with Gasteiger partial charge in [-0.25, -0.2) is 0 Å². The Bertz CT molecular complexity index is 481. The van der Waals surface area contributed by atoms with Gasteiger partial charge in [-0.2, -0.15) is 13.2 Å². The van der Waals surface area contributed by atoms with E-state index in [1.807, 2.05) is 0 Å². The molecule has 0 heterocycles. The number of halogens is 3. The first-order chi connectivity index (χ1) is 9.86. The van der Waals surface area contributed by atoms with Crippen LogP contribution in [0.15, 0.2) is 24.3 Å². The van der Waals surface area contributed by atoms with E-state index in [0.29, 0.717) is 13.0 Å². The molecule has 21 heavy (non-hydrogen) atoms. The van der Waals surface area contributed by atoms with Gasteiger partial charge in [0.2, 0.25) is 5.91 Å². The van der Waals surface area contributed by atoms with Crippen LogP contribution in [0, 0.1) is 5.92 Å². The third-order valence-electron chi connectivity index (χ3n) is 3.58. The van der Waals surface area contributed by atoms with Crippen LogP contribution in [-0.4, -0.2) is 23.7 Å². The van der Waals surface area contributed by atoms with Gasteiger partial charge in [-0.15, -0.1) is 0 Å². The highest BCUT2D eigenvalue weighted by Crippen LogP contribution is 2.33. The van der Waals surface area contributed by atoms with Gasteiger partial charge in [0.25, 0.3) is 0 Å². The minimum atomic E-state index is -4.33. The van der Waals surface area contributed by atoms with Crippen molar-refractivity contribution >= 4 is 5.91 Å². The second-order valence-electron chi connectivity index (χ2n) is 5.40. The third kappa shape index (κ3) is 5.04. The van der Waals surface area contributed by atoms with Crippen LogP contribution in [0.25, 0.3) is 0 Å². The van der Waals surface area contributed by atoms with E-state index in [0.717, 1.165) is 30.5 Å². The van der Waals surface area contributed by atoms with Gasteiger partial charge in [-0.1, -0.05) is 12.1 Å². The Morgan fingerprint density at radius 1 is 1.29 bits per heavy atom. The minimum absolute atomic E-state index is 0.0949. The number of carbonyl (C=O) groups is 1. The monoisotopic (exact) mass is 301 g/mol. The van der Waals surface area contributed by atoms with Gasteiger partial charge in [-0.3, -0.25) is 4.79 Å². The molecule has 6 heteroatoms. The molecule has 0 radical (unpaired) electrons. The smallest absolute Gasteiger partial charge is 0.392 e. The number of benzene rings is 1. The number of rotatable bonds is 6. The number of aliphatic hydroxyl groups is 1. The van der Waals surface area contributed by atoms with Gasteiger partial charge in [0, 0.05) is 6.54 Å². The average Bonchev–Trinajstić information content (AvgIpc) is 3.22. The first kappa shape index (κ1) is 15.8. The number of carbonyl (C=O) groups excluding carboxylic acids is 1. The molecule has 2 rings (SSSR count). The molecule has 0 saturated heterocycles. The van der Waals surface area contributed by atoms with Gasteiger partial charge >= 0.3 is 6.18 Å². The molecule has 1 aliphatic rings. The van der Waals surface area contributed by atoms with Gasteiger partial charge < -0.3 is 10.4 Å². The van der Waals surface area contributed by atoms with Crippen LogP contribution in [0.3, 0.4) is 0 Å². The van der Waals surface area contributed by atoms with Gasteiger partial charge in [0.05, 0.1) is 18.1 Å². The number of hydrogen-bond acceptors (Lipinski definition) is 2. The fourth-order valence-corrected chi connectivity index (χ4v) is 2.12. The molecule has 0 aromatic heterocycles. The summed E-state index contributed by atoms with van der Waals surface area (Å²) in [4.78, 5) is 11.5. The van der Waals surface area contributed by atoms with Crippen LogP contribution >= 0.6 is 0 Å². The molecule has 0 spiro atoms. The lowest BCUT2D eigenvalue weighted by Gasteiger charge is -2.10. The lowest BCUT2D eigenvalue weighted by Crippen LogP contribution is -2.29. The molecule has 1 saturated carbocycles. The molecule has 1 fully saturated rings. The number of amides is 1. The Labute approximate surface area is 121 Å². The largest absolute Gasteiger partial charge is 0.416 e. The van der Waals surface area contributed by atoms with Crippen LogP contribution in [0.5, 0.6) is 0 Å². The maximum atomic E-state index is 12.4. The summed E-state index contributed by atoms with van der Waals surface area (Å²) in [5.41, 5.74) is 0.0499. The molecule has 1 aliphatic carbocycles. The van der Waals surface area contributed by atoms with E-state index in [9.17, 15) is 23.1 Å². The summed E-state index contributed by atoms with van der Waals surface area (Å²) in [5, 5.41) is 12.3. The van der Waals surface area contributed by atoms with Crippen molar-refractivity contribution in [1.29, 1.82) is 0 Å². The van der Waals surface area contributed by atoms with Crippen molar-refractivity contribution in [1.82, 2.24) is 5.32 Å². The Kier molecular flexibility index (Phi) is 4.88. The van der Waals surface area contributed by atoms with Gasteiger partial charge in [0.15, 0.2) is 0 Å². The van der Waals surface area contributed by atoms with Crippen molar-refractivity contribution in [2.75, 3.05) is 6.54 Å². The number of aliphatic hydroxyl groups excluding tert-OH is 1. The molecule has 0 aliphatic heterocycles. The Balaban J connectivity index is 1.71. The molecule has 3 nitrogen and oxygen atoms in total. The van der Waals surface area contributed by atoms with E-state index in [2.05, 4.69) is 5.32 Å². The van der Waals surface area contributed by atoms with E-state index >= 15 is 0 Å². The summed E-state index contributed by atoms with van der Waals surface area (Å²) in [6, 6.07) is 4.89. The fraction of sp³-hybridized carbons (Fsp3) is 0.533. The molecular formula is C15H18F3NO2. The van der Waals surface area contributed by atoms with Crippen molar-refractivity contribution in [2.24, 2.45) is 5.92 Å². The molecule has 116 valence electrons. The Morgan fingerprint density at radius 3 is 2.43 bits per heavy atom. The van der Waals surface area contributed by atoms with Crippen LogP contribution in [0.2, 0.25) is 0 Å². The molecule has 1 aromatic rings. The number of alkyl halides is 3.